The molecule has 0 aliphatic carbocycles. The molecule has 1 amide bonds. The van der Waals surface area contributed by atoms with Gasteiger partial charge < -0.3 is 10.2 Å². The Morgan fingerprint density at radius 2 is 2.00 bits per heavy atom. The van der Waals surface area contributed by atoms with Crippen LogP contribution in [0.4, 0.5) is 20.3 Å². The number of amides is 1. The molecule has 8 nitrogen and oxygen atoms in total. The van der Waals surface area contributed by atoms with Crippen molar-refractivity contribution in [1.29, 1.82) is 0 Å². The molecule has 1 saturated heterocycles. The molecule has 3 aromatic rings. The largest absolute Gasteiger partial charge is 0.354 e. The van der Waals surface area contributed by atoms with E-state index in [1.54, 1.807) is 12.3 Å². The maximum atomic E-state index is 13.3. The van der Waals surface area contributed by atoms with Crippen LogP contribution in [0.3, 0.4) is 0 Å². The quantitative estimate of drug-likeness (QED) is 0.723. The smallest absolute Gasteiger partial charge is 0.352 e. The molecule has 3 heterocycles. The molecular weight excluding hydrogens is 382 g/mol. The summed E-state index contributed by atoms with van der Waals surface area (Å²) in [6.45, 7) is 2.62. The predicted octanol–water partition coefficient (Wildman–Crippen LogP) is 2.19. The Morgan fingerprint density at radius 3 is 2.72 bits per heavy atom. The average Bonchev–Trinajstić information content (AvgIpc) is 2.96. The zero-order chi connectivity index (χ0) is 20.5. The van der Waals surface area contributed by atoms with Crippen LogP contribution in [-0.2, 0) is 11.3 Å². The lowest BCUT2D eigenvalue weighted by Gasteiger charge is -2.34. The van der Waals surface area contributed by atoms with Crippen molar-refractivity contribution in [3.8, 4) is 0 Å². The molecule has 1 atom stereocenters. The first-order chi connectivity index (χ1) is 13.9. The highest BCUT2D eigenvalue weighted by atomic mass is 19.1. The van der Waals surface area contributed by atoms with Crippen LogP contribution in [0.15, 0.2) is 35.3 Å². The summed E-state index contributed by atoms with van der Waals surface area (Å²) < 4.78 is 28.7. The summed E-state index contributed by atoms with van der Waals surface area (Å²) in [4.78, 5) is 31.3. The number of fused-ring (bicyclic) bond motifs is 1. The lowest BCUT2D eigenvalue weighted by atomic mass is 10.0. The summed E-state index contributed by atoms with van der Waals surface area (Å²) in [6.07, 6.45) is 4.93. The highest BCUT2D eigenvalue weighted by Gasteiger charge is 2.21. The lowest BCUT2D eigenvalue weighted by molar-refractivity contribution is -0.117. The number of hydrogen-bond acceptors (Lipinski definition) is 5. The minimum atomic E-state index is -0.811. The maximum Gasteiger partial charge on any atom is 0.352 e. The number of halogens is 2. The number of nitrogens with zero attached hydrogens (tertiary/aromatic N) is 5. The normalized spacial score (nSPS) is 16.9. The number of anilines is 2. The van der Waals surface area contributed by atoms with Crippen LogP contribution in [0.2, 0.25) is 0 Å². The van der Waals surface area contributed by atoms with E-state index in [4.69, 9.17) is 0 Å². The predicted molar refractivity (Wildman–Crippen MR) is 103 cm³/mol. The maximum absolute atomic E-state index is 13.3. The van der Waals surface area contributed by atoms with Crippen LogP contribution in [-0.4, -0.2) is 37.7 Å². The van der Waals surface area contributed by atoms with Crippen molar-refractivity contribution in [3.05, 3.63) is 52.6 Å². The molecular formula is C19H20F2N6O2. The summed E-state index contributed by atoms with van der Waals surface area (Å²) in [5, 5.41) is 6.49. The first-order valence-electron chi connectivity index (χ1n) is 9.39. The zero-order valence-corrected chi connectivity index (χ0v) is 15.8. The van der Waals surface area contributed by atoms with Gasteiger partial charge in [0.05, 0.1) is 0 Å². The van der Waals surface area contributed by atoms with Gasteiger partial charge in [0.25, 0.3) is 5.78 Å². The van der Waals surface area contributed by atoms with Crippen LogP contribution in [0.25, 0.3) is 5.78 Å². The van der Waals surface area contributed by atoms with Gasteiger partial charge in [0, 0.05) is 30.5 Å². The van der Waals surface area contributed by atoms with Crippen LogP contribution < -0.4 is 15.9 Å². The highest BCUT2D eigenvalue weighted by molar-refractivity contribution is 5.90. The fourth-order valence-corrected chi connectivity index (χ4v) is 3.56. The van der Waals surface area contributed by atoms with E-state index in [0.717, 1.165) is 42.0 Å². The molecule has 4 rings (SSSR count). The third kappa shape index (κ3) is 3.96. The van der Waals surface area contributed by atoms with E-state index in [2.05, 4.69) is 27.2 Å². The van der Waals surface area contributed by atoms with Crippen molar-refractivity contribution in [3.63, 3.8) is 0 Å². The van der Waals surface area contributed by atoms with Gasteiger partial charge in [-0.3, -0.25) is 4.79 Å². The van der Waals surface area contributed by atoms with Gasteiger partial charge in [-0.1, -0.05) is 0 Å². The SMILES string of the molecule is CC1CCCCN1c1ccn2c(=O)n(CC(=O)Nc3cc(F)cc(F)c3)nc2n1. The Bertz CT molecular complexity index is 1110. The number of benzene rings is 1. The Kier molecular flexibility index (Phi) is 4.99. The summed E-state index contributed by atoms with van der Waals surface area (Å²) >= 11 is 0. The number of rotatable bonds is 4. The first-order valence-corrected chi connectivity index (χ1v) is 9.39. The molecule has 0 radical (unpaired) electrons. The Balaban J connectivity index is 1.55. The number of nitrogens with one attached hydrogen (secondary N) is 1. The van der Waals surface area contributed by atoms with Crippen molar-refractivity contribution in [2.24, 2.45) is 0 Å². The van der Waals surface area contributed by atoms with Crippen LogP contribution in [0.1, 0.15) is 26.2 Å². The second-order valence-electron chi connectivity index (χ2n) is 7.14. The first kappa shape index (κ1) is 19.0. The van der Waals surface area contributed by atoms with Gasteiger partial charge in [0.1, 0.15) is 24.0 Å². The number of hydrogen-bond donors (Lipinski definition) is 1. The van der Waals surface area contributed by atoms with Crippen LogP contribution in [0, 0.1) is 11.6 Å². The van der Waals surface area contributed by atoms with E-state index in [0.29, 0.717) is 12.1 Å². The highest BCUT2D eigenvalue weighted by Crippen LogP contribution is 2.22. The standard InChI is InChI=1S/C19H20F2N6O2/c1-12-4-2-3-6-25(12)16-5-7-26-18(23-16)24-27(19(26)29)11-17(28)22-15-9-13(20)8-14(21)10-15/h5,7-10,12H,2-4,6,11H2,1H3,(H,22,28). The second-order valence-corrected chi connectivity index (χ2v) is 7.14. The molecule has 1 N–H and O–H groups in total. The lowest BCUT2D eigenvalue weighted by Crippen LogP contribution is -2.38. The van der Waals surface area contributed by atoms with Gasteiger partial charge in [-0.05, 0) is 44.4 Å². The Labute approximate surface area is 164 Å². The fourth-order valence-electron chi connectivity index (χ4n) is 3.56. The molecule has 152 valence electrons. The number of piperidine rings is 1. The van der Waals surface area contributed by atoms with Crippen molar-refractivity contribution >= 4 is 23.2 Å². The second kappa shape index (κ2) is 7.61. The summed E-state index contributed by atoms with van der Waals surface area (Å²) in [5.41, 5.74) is -0.560. The van der Waals surface area contributed by atoms with Crippen molar-refractivity contribution in [2.75, 3.05) is 16.8 Å². The van der Waals surface area contributed by atoms with Crippen molar-refractivity contribution < 1.29 is 13.6 Å². The van der Waals surface area contributed by atoms with Gasteiger partial charge in [-0.25, -0.2) is 22.7 Å². The minimum Gasteiger partial charge on any atom is -0.354 e. The number of carbonyl (C=O) groups is 1. The Morgan fingerprint density at radius 1 is 1.24 bits per heavy atom. The third-order valence-electron chi connectivity index (χ3n) is 4.98. The van der Waals surface area contributed by atoms with Gasteiger partial charge in [-0.2, -0.15) is 4.98 Å². The summed E-state index contributed by atoms with van der Waals surface area (Å²) in [5.74, 6) is -1.33. The molecule has 10 heteroatoms. The molecule has 0 saturated carbocycles. The van der Waals surface area contributed by atoms with Gasteiger partial charge >= 0.3 is 5.69 Å². The van der Waals surface area contributed by atoms with Crippen LogP contribution in [0.5, 0.6) is 0 Å². The molecule has 0 spiro atoms. The van der Waals surface area contributed by atoms with Gasteiger partial charge in [0.2, 0.25) is 5.91 Å². The van der Waals surface area contributed by atoms with Gasteiger partial charge in [0.15, 0.2) is 0 Å². The van der Waals surface area contributed by atoms with E-state index in [1.165, 1.54) is 10.8 Å². The topological polar surface area (TPSA) is 84.5 Å². The molecule has 1 unspecified atom stereocenters. The zero-order valence-electron chi connectivity index (χ0n) is 15.8. The van der Waals surface area contributed by atoms with E-state index >= 15 is 0 Å². The van der Waals surface area contributed by atoms with Crippen molar-refractivity contribution in [2.45, 2.75) is 38.8 Å². The number of carbonyl (C=O) groups excluding carboxylic acids is 1. The van der Waals surface area contributed by atoms with Gasteiger partial charge in [-0.15, -0.1) is 5.10 Å². The van der Waals surface area contributed by atoms with E-state index in [9.17, 15) is 18.4 Å². The molecule has 1 fully saturated rings. The Hall–Kier alpha value is -3.30. The van der Waals surface area contributed by atoms with Crippen molar-refractivity contribution in [1.82, 2.24) is 19.2 Å². The number of aromatic nitrogens is 4. The molecule has 0 bridgehead atoms. The molecule has 1 aromatic carbocycles. The molecule has 1 aliphatic rings. The van der Waals surface area contributed by atoms with E-state index in [-0.39, 0.29) is 11.5 Å². The monoisotopic (exact) mass is 402 g/mol. The van der Waals surface area contributed by atoms with E-state index < -0.39 is 29.8 Å². The minimum absolute atomic E-state index is 0.0381. The summed E-state index contributed by atoms with van der Waals surface area (Å²) in [6, 6.07) is 4.79. The average molecular weight is 402 g/mol. The molecule has 2 aromatic heterocycles. The molecule has 29 heavy (non-hydrogen) atoms. The summed E-state index contributed by atoms with van der Waals surface area (Å²) in [7, 11) is 0. The third-order valence-corrected chi connectivity index (χ3v) is 4.98. The van der Waals surface area contributed by atoms with E-state index in [1.807, 2.05) is 0 Å². The molecule has 1 aliphatic heterocycles. The fraction of sp³-hybridized carbons (Fsp3) is 0.368. The van der Waals surface area contributed by atoms with Crippen LogP contribution >= 0.6 is 0 Å².